The second kappa shape index (κ2) is 3.01. The molecule has 0 radical (unpaired) electrons. The van der Waals surface area contributed by atoms with Crippen LogP contribution in [0.1, 0.15) is 19.2 Å². The largest absolute Gasteiger partial charge is 0.291 e. The maximum atomic E-state index is 10.9. The Hall–Kier alpha value is -1.65. The predicted octanol–water partition coefficient (Wildman–Crippen LogP) is 0.370. The summed E-state index contributed by atoms with van der Waals surface area (Å²) in [6.45, 7) is 2.06. The molecule has 0 unspecified atom stereocenters. The van der Waals surface area contributed by atoms with Crippen LogP contribution in [0.2, 0.25) is 0 Å². The first-order chi connectivity index (χ1) is 6.29. The molecule has 0 aliphatic rings. The van der Waals surface area contributed by atoms with Crippen LogP contribution in [-0.2, 0) is 6.42 Å². The molecule has 0 saturated carbocycles. The molecule has 0 atom stereocenters. The van der Waals surface area contributed by atoms with E-state index in [4.69, 9.17) is 0 Å². The van der Waals surface area contributed by atoms with Gasteiger partial charge in [-0.15, -0.1) is 0 Å². The van der Waals surface area contributed by atoms with E-state index < -0.39 is 0 Å². The third-order valence-corrected chi connectivity index (χ3v) is 1.75. The Morgan fingerprint density at radius 3 is 3.23 bits per heavy atom. The van der Waals surface area contributed by atoms with E-state index in [0.717, 1.165) is 18.7 Å². The van der Waals surface area contributed by atoms with Crippen molar-refractivity contribution in [3.8, 4) is 0 Å². The molecule has 5 nitrogen and oxygen atoms in total. The van der Waals surface area contributed by atoms with Crippen LogP contribution in [0, 0.1) is 0 Å². The molecule has 0 aliphatic carbocycles. The average molecular weight is 178 g/mol. The Balaban J connectivity index is 2.55. The van der Waals surface area contributed by atoms with E-state index in [2.05, 4.69) is 22.0 Å². The summed E-state index contributed by atoms with van der Waals surface area (Å²) < 4.78 is 1.58. The highest BCUT2D eigenvalue weighted by atomic mass is 16.1. The fraction of sp³-hybridized carbons (Fsp3) is 0.375. The molecule has 13 heavy (non-hydrogen) atoms. The van der Waals surface area contributed by atoms with Crippen LogP contribution >= 0.6 is 0 Å². The number of hydrogen-bond acceptors (Lipinski definition) is 3. The smallest absolute Gasteiger partial charge is 0.252 e. The zero-order chi connectivity index (χ0) is 9.26. The summed E-state index contributed by atoms with van der Waals surface area (Å²) in [5.74, 6) is 1.28. The van der Waals surface area contributed by atoms with Crippen molar-refractivity contribution < 1.29 is 0 Å². The minimum absolute atomic E-state index is 0.150. The molecule has 0 aliphatic heterocycles. The van der Waals surface area contributed by atoms with Crippen molar-refractivity contribution in [1.29, 1.82) is 0 Å². The lowest BCUT2D eigenvalue weighted by molar-refractivity contribution is 0.817. The molecular formula is C8H10N4O. The third kappa shape index (κ3) is 1.44. The van der Waals surface area contributed by atoms with Crippen LogP contribution in [0.3, 0.4) is 0 Å². The van der Waals surface area contributed by atoms with Gasteiger partial charge >= 0.3 is 0 Å². The van der Waals surface area contributed by atoms with E-state index in [1.54, 1.807) is 10.7 Å². The molecule has 0 fully saturated rings. The van der Waals surface area contributed by atoms with Crippen molar-refractivity contribution >= 4 is 5.78 Å². The number of aromatic amines is 1. The van der Waals surface area contributed by atoms with E-state index in [9.17, 15) is 4.79 Å². The lowest BCUT2D eigenvalue weighted by Crippen LogP contribution is -2.05. The van der Waals surface area contributed by atoms with E-state index in [1.807, 2.05) is 0 Å². The van der Waals surface area contributed by atoms with E-state index >= 15 is 0 Å². The first-order valence-corrected chi connectivity index (χ1v) is 4.24. The number of H-pyrrole nitrogens is 1. The first kappa shape index (κ1) is 7.97. The lowest BCUT2D eigenvalue weighted by Gasteiger charge is -1.85. The van der Waals surface area contributed by atoms with Crippen molar-refractivity contribution in [2.45, 2.75) is 19.8 Å². The summed E-state index contributed by atoms with van der Waals surface area (Å²) in [6.07, 6.45) is 3.45. The van der Waals surface area contributed by atoms with Gasteiger partial charge in [-0.2, -0.15) is 10.1 Å². The van der Waals surface area contributed by atoms with E-state index in [0.29, 0.717) is 5.78 Å². The molecule has 2 aromatic rings. The van der Waals surface area contributed by atoms with Crippen molar-refractivity contribution in [3.05, 3.63) is 28.4 Å². The molecular weight excluding hydrogens is 168 g/mol. The predicted molar refractivity (Wildman–Crippen MR) is 47.6 cm³/mol. The van der Waals surface area contributed by atoms with Gasteiger partial charge in [0.2, 0.25) is 5.78 Å². The molecule has 2 heterocycles. The molecule has 5 heteroatoms. The third-order valence-electron chi connectivity index (χ3n) is 1.75. The van der Waals surface area contributed by atoms with E-state index in [-0.39, 0.29) is 5.56 Å². The van der Waals surface area contributed by atoms with Gasteiger partial charge in [-0.3, -0.25) is 9.78 Å². The average Bonchev–Trinajstić information content (AvgIpc) is 2.46. The monoisotopic (exact) mass is 178 g/mol. The van der Waals surface area contributed by atoms with Crippen molar-refractivity contribution in [2.75, 3.05) is 0 Å². The first-order valence-electron chi connectivity index (χ1n) is 4.24. The van der Waals surface area contributed by atoms with Crippen LogP contribution in [0.5, 0.6) is 0 Å². The number of rotatable bonds is 2. The van der Waals surface area contributed by atoms with Crippen molar-refractivity contribution in [1.82, 2.24) is 19.6 Å². The Labute approximate surface area is 74.4 Å². The summed E-state index contributed by atoms with van der Waals surface area (Å²) in [5.41, 5.74) is -0.150. The number of aromatic nitrogens is 4. The molecule has 2 aromatic heterocycles. The normalized spacial score (nSPS) is 10.8. The summed E-state index contributed by atoms with van der Waals surface area (Å²) >= 11 is 0. The molecule has 0 bridgehead atoms. The highest BCUT2D eigenvalue weighted by Gasteiger charge is 2.01. The zero-order valence-corrected chi connectivity index (χ0v) is 7.32. The lowest BCUT2D eigenvalue weighted by atomic mass is 10.3. The fourth-order valence-electron chi connectivity index (χ4n) is 1.18. The number of hydrogen-bond donors (Lipinski definition) is 1. The van der Waals surface area contributed by atoms with Gasteiger partial charge < -0.3 is 0 Å². The SMILES string of the molecule is CCCc1nc2[nH]c(=O)ccn2n1. The van der Waals surface area contributed by atoms with Crippen LogP contribution in [-0.4, -0.2) is 19.6 Å². The van der Waals surface area contributed by atoms with Gasteiger partial charge in [0, 0.05) is 18.7 Å². The van der Waals surface area contributed by atoms with Crippen LogP contribution in [0.4, 0.5) is 0 Å². The van der Waals surface area contributed by atoms with Gasteiger partial charge in [-0.05, 0) is 6.42 Å². The van der Waals surface area contributed by atoms with Gasteiger partial charge in [0.25, 0.3) is 5.56 Å². The Morgan fingerprint density at radius 2 is 2.46 bits per heavy atom. The summed E-state index contributed by atoms with van der Waals surface area (Å²) in [6, 6.07) is 1.43. The molecule has 0 aromatic carbocycles. The summed E-state index contributed by atoms with van der Waals surface area (Å²) in [7, 11) is 0. The van der Waals surface area contributed by atoms with Crippen molar-refractivity contribution in [2.24, 2.45) is 0 Å². The van der Waals surface area contributed by atoms with Crippen LogP contribution in [0.25, 0.3) is 5.78 Å². The van der Waals surface area contributed by atoms with Gasteiger partial charge in [0.15, 0.2) is 5.82 Å². The van der Waals surface area contributed by atoms with Crippen molar-refractivity contribution in [3.63, 3.8) is 0 Å². The Morgan fingerprint density at radius 1 is 1.62 bits per heavy atom. The van der Waals surface area contributed by atoms with Gasteiger partial charge in [0.1, 0.15) is 0 Å². The van der Waals surface area contributed by atoms with Crippen LogP contribution in [0.15, 0.2) is 17.1 Å². The number of nitrogens with zero attached hydrogens (tertiary/aromatic N) is 3. The Bertz CT molecular complexity index is 470. The quantitative estimate of drug-likeness (QED) is 0.722. The molecule has 2 rings (SSSR count). The second-order valence-electron chi connectivity index (χ2n) is 2.85. The van der Waals surface area contributed by atoms with Gasteiger partial charge in [-0.25, -0.2) is 4.52 Å². The zero-order valence-electron chi connectivity index (χ0n) is 7.32. The second-order valence-corrected chi connectivity index (χ2v) is 2.85. The maximum Gasteiger partial charge on any atom is 0.252 e. The molecule has 0 spiro atoms. The Kier molecular flexibility index (Phi) is 1.84. The maximum absolute atomic E-state index is 10.9. The van der Waals surface area contributed by atoms with Crippen LogP contribution < -0.4 is 5.56 Å². The van der Waals surface area contributed by atoms with Gasteiger partial charge in [0.05, 0.1) is 0 Å². The highest BCUT2D eigenvalue weighted by molar-refractivity contribution is 5.24. The number of aryl methyl sites for hydroxylation is 1. The summed E-state index contributed by atoms with van der Waals surface area (Å²) in [5, 5.41) is 4.18. The van der Waals surface area contributed by atoms with E-state index in [1.165, 1.54) is 6.07 Å². The number of nitrogens with one attached hydrogen (secondary N) is 1. The summed E-state index contributed by atoms with van der Waals surface area (Å²) in [4.78, 5) is 17.7. The molecule has 0 amide bonds. The molecule has 68 valence electrons. The minimum atomic E-state index is -0.150. The molecule has 1 N–H and O–H groups in total. The fourth-order valence-corrected chi connectivity index (χ4v) is 1.18. The number of fused-ring (bicyclic) bond motifs is 1. The standard InChI is InChI=1S/C8H10N4O/c1-2-3-6-9-8-10-7(13)4-5-12(8)11-6/h4-5H,2-3H2,1H3,(H,9,10,11,13). The topological polar surface area (TPSA) is 63.0 Å². The highest BCUT2D eigenvalue weighted by Crippen LogP contribution is 1.97. The molecule has 0 saturated heterocycles. The minimum Gasteiger partial charge on any atom is -0.291 e. The van der Waals surface area contributed by atoms with Gasteiger partial charge in [-0.1, -0.05) is 6.92 Å².